The molecule has 4 nitrogen and oxygen atoms in total. The Morgan fingerprint density at radius 1 is 1.46 bits per heavy atom. The molecule has 0 amide bonds. The third-order valence-corrected chi connectivity index (χ3v) is 1.80. The number of aromatic nitrogens is 2. The molecule has 0 aliphatic carbocycles. The second-order valence-corrected chi connectivity index (χ2v) is 2.85. The molecule has 2 aromatic heterocycles. The summed E-state index contributed by atoms with van der Waals surface area (Å²) in [6.07, 6.45) is 1.86. The molecule has 0 radical (unpaired) electrons. The highest BCUT2D eigenvalue weighted by Gasteiger charge is 2.02. The molecule has 0 spiro atoms. The van der Waals surface area contributed by atoms with E-state index in [4.69, 9.17) is 10.2 Å². The van der Waals surface area contributed by atoms with Gasteiger partial charge in [-0.15, -0.1) is 0 Å². The Balaban J connectivity index is 2.35. The number of nitrogens with zero attached hydrogens (tertiary/aromatic N) is 2. The lowest BCUT2D eigenvalue weighted by Gasteiger charge is -1.94. The van der Waals surface area contributed by atoms with Gasteiger partial charge < -0.3 is 10.2 Å². The van der Waals surface area contributed by atoms with E-state index in [0.717, 1.165) is 11.5 Å². The number of aryl methyl sites for hydroxylation is 1. The number of hydrogen-bond acceptors (Lipinski definition) is 3. The van der Waals surface area contributed by atoms with Crippen LogP contribution >= 0.6 is 0 Å². The van der Waals surface area contributed by atoms with Crippen molar-refractivity contribution in [1.29, 1.82) is 0 Å². The summed E-state index contributed by atoms with van der Waals surface area (Å²) in [5, 5.41) is 4.21. The van der Waals surface area contributed by atoms with Gasteiger partial charge in [0, 0.05) is 12.3 Å². The van der Waals surface area contributed by atoms with E-state index in [0.29, 0.717) is 12.4 Å². The molecular weight excluding hydrogens is 166 g/mol. The second kappa shape index (κ2) is 3.06. The van der Waals surface area contributed by atoms with Gasteiger partial charge in [-0.25, -0.2) is 4.68 Å². The van der Waals surface area contributed by atoms with Crippen LogP contribution in [0.3, 0.4) is 0 Å². The summed E-state index contributed by atoms with van der Waals surface area (Å²) < 4.78 is 7.10. The summed E-state index contributed by atoms with van der Waals surface area (Å²) in [5.41, 5.74) is 6.39. The van der Waals surface area contributed by atoms with E-state index < -0.39 is 0 Å². The van der Waals surface area contributed by atoms with Crippen molar-refractivity contribution in [2.24, 2.45) is 5.73 Å². The first-order chi connectivity index (χ1) is 6.29. The van der Waals surface area contributed by atoms with Crippen LogP contribution in [-0.2, 0) is 6.54 Å². The quantitative estimate of drug-likeness (QED) is 0.750. The lowest BCUT2D eigenvalue weighted by Crippen LogP contribution is -1.94. The highest BCUT2D eigenvalue weighted by atomic mass is 16.4. The van der Waals surface area contributed by atoms with E-state index in [1.54, 1.807) is 4.68 Å². The number of furan rings is 1. The highest BCUT2D eigenvalue weighted by Crippen LogP contribution is 2.11. The van der Waals surface area contributed by atoms with E-state index in [9.17, 15) is 0 Å². The molecule has 0 fully saturated rings. The highest BCUT2D eigenvalue weighted by molar-refractivity contribution is 5.20. The minimum Gasteiger partial charge on any atom is -0.442 e. The Labute approximate surface area is 76.0 Å². The molecule has 0 saturated carbocycles. The second-order valence-electron chi connectivity index (χ2n) is 2.85. The molecule has 0 saturated heterocycles. The van der Waals surface area contributed by atoms with Gasteiger partial charge in [-0.1, -0.05) is 0 Å². The molecule has 2 N–H and O–H groups in total. The zero-order valence-corrected chi connectivity index (χ0v) is 7.40. The van der Waals surface area contributed by atoms with Crippen LogP contribution < -0.4 is 5.73 Å². The van der Waals surface area contributed by atoms with E-state index in [2.05, 4.69) is 5.10 Å². The molecule has 2 aromatic rings. The average Bonchev–Trinajstić information content (AvgIpc) is 2.71. The molecule has 0 aliphatic heterocycles. The van der Waals surface area contributed by atoms with Gasteiger partial charge in [0.25, 0.3) is 0 Å². The summed E-state index contributed by atoms with van der Waals surface area (Å²) >= 11 is 0. The monoisotopic (exact) mass is 177 g/mol. The van der Waals surface area contributed by atoms with Gasteiger partial charge in [-0.2, -0.15) is 5.10 Å². The SMILES string of the molecule is Cc1ccn(-c2ccc(CN)o2)n1. The fourth-order valence-electron chi connectivity index (χ4n) is 1.14. The van der Waals surface area contributed by atoms with Gasteiger partial charge in [0.05, 0.1) is 12.2 Å². The van der Waals surface area contributed by atoms with Crippen molar-refractivity contribution in [3.8, 4) is 5.88 Å². The molecule has 13 heavy (non-hydrogen) atoms. The van der Waals surface area contributed by atoms with E-state index >= 15 is 0 Å². The van der Waals surface area contributed by atoms with Gasteiger partial charge in [0.1, 0.15) is 5.76 Å². The van der Waals surface area contributed by atoms with Crippen molar-refractivity contribution in [1.82, 2.24) is 9.78 Å². The fraction of sp³-hybridized carbons (Fsp3) is 0.222. The Hall–Kier alpha value is -1.55. The van der Waals surface area contributed by atoms with Crippen molar-refractivity contribution in [2.45, 2.75) is 13.5 Å². The molecule has 0 aromatic carbocycles. The van der Waals surface area contributed by atoms with Crippen LogP contribution in [0.4, 0.5) is 0 Å². The van der Waals surface area contributed by atoms with Crippen molar-refractivity contribution in [2.75, 3.05) is 0 Å². The fourth-order valence-corrected chi connectivity index (χ4v) is 1.14. The average molecular weight is 177 g/mol. The first kappa shape index (κ1) is 8.07. The van der Waals surface area contributed by atoms with Gasteiger partial charge in [-0.05, 0) is 19.1 Å². The molecule has 68 valence electrons. The van der Waals surface area contributed by atoms with Gasteiger partial charge in [-0.3, -0.25) is 0 Å². The Morgan fingerprint density at radius 2 is 2.31 bits per heavy atom. The molecule has 2 heterocycles. The standard InChI is InChI=1S/C9H11N3O/c1-7-4-5-12(11-7)9-3-2-8(6-10)13-9/h2-5H,6,10H2,1H3. The maximum atomic E-state index is 5.42. The molecule has 0 unspecified atom stereocenters. The Kier molecular flexibility index (Phi) is 1.90. The maximum absolute atomic E-state index is 5.42. The third-order valence-electron chi connectivity index (χ3n) is 1.80. The van der Waals surface area contributed by atoms with Crippen molar-refractivity contribution >= 4 is 0 Å². The summed E-state index contributed by atoms with van der Waals surface area (Å²) in [6, 6.07) is 5.63. The molecule has 0 bridgehead atoms. The van der Waals surface area contributed by atoms with Crippen LogP contribution in [-0.4, -0.2) is 9.78 Å². The minimum absolute atomic E-state index is 0.417. The maximum Gasteiger partial charge on any atom is 0.220 e. The number of rotatable bonds is 2. The van der Waals surface area contributed by atoms with Crippen molar-refractivity contribution < 1.29 is 4.42 Å². The first-order valence-corrected chi connectivity index (χ1v) is 4.11. The normalized spacial score (nSPS) is 10.6. The van der Waals surface area contributed by atoms with E-state index in [1.807, 2.05) is 31.3 Å². The molecular formula is C9H11N3O. The summed E-state index contributed by atoms with van der Waals surface area (Å²) in [7, 11) is 0. The third kappa shape index (κ3) is 1.48. The van der Waals surface area contributed by atoms with E-state index in [1.165, 1.54) is 0 Å². The Morgan fingerprint density at radius 3 is 2.85 bits per heavy atom. The topological polar surface area (TPSA) is 57.0 Å². The minimum atomic E-state index is 0.417. The van der Waals surface area contributed by atoms with Crippen molar-refractivity contribution in [3.63, 3.8) is 0 Å². The lowest BCUT2D eigenvalue weighted by molar-refractivity contribution is 0.479. The van der Waals surface area contributed by atoms with Crippen LogP contribution in [0.25, 0.3) is 5.88 Å². The summed E-state index contributed by atoms with van der Waals surface area (Å²) in [6.45, 7) is 2.35. The predicted octanol–water partition coefficient (Wildman–Crippen LogP) is 1.23. The van der Waals surface area contributed by atoms with Gasteiger partial charge >= 0.3 is 0 Å². The Bertz CT molecular complexity index is 402. The van der Waals surface area contributed by atoms with Crippen LogP contribution in [0.1, 0.15) is 11.5 Å². The number of hydrogen-bond donors (Lipinski definition) is 1. The van der Waals surface area contributed by atoms with Gasteiger partial charge in [0.15, 0.2) is 0 Å². The molecule has 0 atom stereocenters. The smallest absolute Gasteiger partial charge is 0.220 e. The van der Waals surface area contributed by atoms with Crippen LogP contribution in [0.5, 0.6) is 0 Å². The first-order valence-electron chi connectivity index (χ1n) is 4.11. The molecule has 4 heteroatoms. The van der Waals surface area contributed by atoms with Crippen LogP contribution in [0, 0.1) is 6.92 Å². The predicted molar refractivity (Wildman–Crippen MR) is 48.5 cm³/mol. The van der Waals surface area contributed by atoms with E-state index in [-0.39, 0.29) is 0 Å². The van der Waals surface area contributed by atoms with Crippen LogP contribution in [0.2, 0.25) is 0 Å². The zero-order valence-electron chi connectivity index (χ0n) is 7.40. The largest absolute Gasteiger partial charge is 0.442 e. The summed E-state index contributed by atoms with van der Waals surface area (Å²) in [5.74, 6) is 1.47. The molecule has 2 rings (SSSR count). The number of nitrogens with two attached hydrogens (primary N) is 1. The zero-order chi connectivity index (χ0) is 9.26. The molecule has 0 aliphatic rings. The van der Waals surface area contributed by atoms with Crippen LogP contribution in [0.15, 0.2) is 28.8 Å². The summed E-state index contributed by atoms with van der Waals surface area (Å²) in [4.78, 5) is 0. The lowest BCUT2D eigenvalue weighted by atomic mass is 10.5. The van der Waals surface area contributed by atoms with Crippen molar-refractivity contribution in [3.05, 3.63) is 35.9 Å². The van der Waals surface area contributed by atoms with Gasteiger partial charge in [0.2, 0.25) is 5.88 Å².